The minimum atomic E-state index is -1.04. The molecule has 0 bridgehead atoms. The highest BCUT2D eigenvalue weighted by atomic mass is 19.2. The molecular formula is C14H12F3N. The van der Waals surface area contributed by atoms with E-state index in [2.05, 4.69) is 0 Å². The number of rotatable bonds is 2. The summed E-state index contributed by atoms with van der Waals surface area (Å²) in [6.07, 6.45) is 0. The molecule has 0 spiro atoms. The third kappa shape index (κ3) is 2.06. The summed E-state index contributed by atoms with van der Waals surface area (Å²) in [4.78, 5) is 1.66. The minimum absolute atomic E-state index is 0.0690. The van der Waals surface area contributed by atoms with Crippen LogP contribution < -0.4 is 4.90 Å². The maximum absolute atomic E-state index is 13.9. The van der Waals surface area contributed by atoms with Crippen LogP contribution in [-0.4, -0.2) is 14.1 Å². The van der Waals surface area contributed by atoms with Crippen LogP contribution in [0.25, 0.3) is 11.1 Å². The Morgan fingerprint density at radius 2 is 1.44 bits per heavy atom. The predicted molar refractivity (Wildman–Crippen MR) is 66.1 cm³/mol. The monoisotopic (exact) mass is 251 g/mol. The molecular weight excluding hydrogens is 239 g/mol. The van der Waals surface area contributed by atoms with E-state index in [0.717, 1.165) is 6.07 Å². The second kappa shape index (κ2) is 4.72. The van der Waals surface area contributed by atoms with E-state index in [-0.39, 0.29) is 11.1 Å². The Kier molecular flexibility index (Phi) is 3.28. The molecule has 0 aliphatic heterocycles. The first-order valence-electron chi connectivity index (χ1n) is 5.42. The second-order valence-electron chi connectivity index (χ2n) is 4.13. The van der Waals surface area contributed by atoms with Gasteiger partial charge in [0.15, 0.2) is 11.6 Å². The van der Waals surface area contributed by atoms with Crippen LogP contribution in [-0.2, 0) is 0 Å². The quantitative estimate of drug-likeness (QED) is 0.784. The normalized spacial score (nSPS) is 10.5. The molecule has 0 amide bonds. The van der Waals surface area contributed by atoms with Crippen molar-refractivity contribution >= 4 is 5.69 Å². The molecule has 2 rings (SSSR count). The molecule has 0 unspecified atom stereocenters. The predicted octanol–water partition coefficient (Wildman–Crippen LogP) is 3.84. The van der Waals surface area contributed by atoms with E-state index < -0.39 is 17.5 Å². The highest BCUT2D eigenvalue weighted by Crippen LogP contribution is 2.34. The fourth-order valence-corrected chi connectivity index (χ4v) is 1.85. The molecule has 0 saturated carbocycles. The van der Waals surface area contributed by atoms with Crippen molar-refractivity contribution in [1.29, 1.82) is 0 Å². The van der Waals surface area contributed by atoms with Crippen LogP contribution in [0.15, 0.2) is 36.4 Å². The van der Waals surface area contributed by atoms with E-state index in [0.29, 0.717) is 5.69 Å². The summed E-state index contributed by atoms with van der Waals surface area (Å²) in [5, 5.41) is 0. The summed E-state index contributed by atoms with van der Waals surface area (Å²) in [6, 6.07) is 8.15. The molecule has 0 radical (unpaired) electrons. The molecule has 0 aromatic heterocycles. The van der Waals surface area contributed by atoms with Crippen molar-refractivity contribution in [1.82, 2.24) is 0 Å². The fourth-order valence-electron chi connectivity index (χ4n) is 1.85. The number of anilines is 1. The van der Waals surface area contributed by atoms with Gasteiger partial charge >= 0.3 is 0 Å². The molecule has 94 valence electrons. The summed E-state index contributed by atoms with van der Waals surface area (Å²) in [5.41, 5.74) is 0.496. The Bertz CT molecular complexity index is 579. The van der Waals surface area contributed by atoms with Crippen LogP contribution >= 0.6 is 0 Å². The number of benzene rings is 2. The first kappa shape index (κ1) is 12.5. The Morgan fingerprint density at radius 1 is 0.833 bits per heavy atom. The van der Waals surface area contributed by atoms with E-state index in [4.69, 9.17) is 0 Å². The number of hydrogen-bond acceptors (Lipinski definition) is 1. The zero-order chi connectivity index (χ0) is 13.3. The van der Waals surface area contributed by atoms with Gasteiger partial charge in [-0.3, -0.25) is 0 Å². The lowest BCUT2D eigenvalue weighted by atomic mass is 10.0. The largest absolute Gasteiger partial charge is 0.377 e. The van der Waals surface area contributed by atoms with Gasteiger partial charge in [-0.05, 0) is 18.2 Å². The van der Waals surface area contributed by atoms with Crippen LogP contribution in [0.4, 0.5) is 18.9 Å². The Labute approximate surface area is 103 Å². The average Bonchev–Trinajstić information content (AvgIpc) is 2.33. The summed E-state index contributed by atoms with van der Waals surface area (Å²) in [6.45, 7) is 0. The molecule has 1 nitrogen and oxygen atoms in total. The minimum Gasteiger partial charge on any atom is -0.377 e. The van der Waals surface area contributed by atoms with E-state index in [1.165, 1.54) is 24.3 Å². The smallest absolute Gasteiger partial charge is 0.166 e. The van der Waals surface area contributed by atoms with E-state index in [1.807, 2.05) is 0 Å². The van der Waals surface area contributed by atoms with Gasteiger partial charge in [-0.25, -0.2) is 13.2 Å². The van der Waals surface area contributed by atoms with Gasteiger partial charge < -0.3 is 4.90 Å². The standard InChI is InChI=1S/C14H12F3N/c1-18(2)12-8-4-6-10(15)13(12)9-5-3-7-11(16)14(9)17/h3-8H,1-2H3. The molecule has 18 heavy (non-hydrogen) atoms. The van der Waals surface area contributed by atoms with Crippen molar-refractivity contribution in [2.45, 2.75) is 0 Å². The van der Waals surface area contributed by atoms with Crippen LogP contribution in [0.3, 0.4) is 0 Å². The number of halogens is 3. The Balaban J connectivity index is 2.74. The maximum atomic E-state index is 13.9. The SMILES string of the molecule is CN(C)c1cccc(F)c1-c1cccc(F)c1F. The number of nitrogens with zero attached hydrogens (tertiary/aromatic N) is 1. The van der Waals surface area contributed by atoms with Crippen molar-refractivity contribution in [3.05, 3.63) is 53.8 Å². The third-order valence-corrected chi connectivity index (χ3v) is 2.69. The van der Waals surface area contributed by atoms with Crippen molar-refractivity contribution in [2.75, 3.05) is 19.0 Å². The summed E-state index contributed by atoms with van der Waals surface area (Å²) in [5.74, 6) is -2.60. The van der Waals surface area contributed by atoms with Gasteiger partial charge in [0, 0.05) is 30.9 Å². The zero-order valence-corrected chi connectivity index (χ0v) is 10.0. The summed E-state index contributed by atoms with van der Waals surface area (Å²) in [7, 11) is 3.44. The zero-order valence-electron chi connectivity index (χ0n) is 10.0. The molecule has 0 N–H and O–H groups in total. The van der Waals surface area contributed by atoms with Gasteiger partial charge in [0.1, 0.15) is 5.82 Å². The van der Waals surface area contributed by atoms with Gasteiger partial charge in [0.25, 0.3) is 0 Å². The molecule has 0 atom stereocenters. The van der Waals surface area contributed by atoms with E-state index >= 15 is 0 Å². The van der Waals surface area contributed by atoms with Gasteiger partial charge in [-0.1, -0.05) is 18.2 Å². The van der Waals surface area contributed by atoms with Gasteiger partial charge in [-0.2, -0.15) is 0 Å². The van der Waals surface area contributed by atoms with Crippen LogP contribution in [0.5, 0.6) is 0 Å². The Hall–Kier alpha value is -1.97. The highest BCUT2D eigenvalue weighted by Gasteiger charge is 2.17. The third-order valence-electron chi connectivity index (χ3n) is 2.69. The molecule has 0 fully saturated rings. The van der Waals surface area contributed by atoms with E-state index in [1.54, 1.807) is 25.1 Å². The topological polar surface area (TPSA) is 3.24 Å². The van der Waals surface area contributed by atoms with Crippen LogP contribution in [0.2, 0.25) is 0 Å². The molecule has 2 aromatic carbocycles. The van der Waals surface area contributed by atoms with Crippen molar-refractivity contribution in [2.24, 2.45) is 0 Å². The van der Waals surface area contributed by atoms with Crippen molar-refractivity contribution in [3.8, 4) is 11.1 Å². The second-order valence-corrected chi connectivity index (χ2v) is 4.13. The molecule has 0 saturated heterocycles. The van der Waals surface area contributed by atoms with Crippen LogP contribution in [0, 0.1) is 17.5 Å². The molecule has 0 heterocycles. The first-order valence-corrected chi connectivity index (χ1v) is 5.42. The lowest BCUT2D eigenvalue weighted by Crippen LogP contribution is -2.11. The number of hydrogen-bond donors (Lipinski definition) is 0. The molecule has 0 aliphatic carbocycles. The van der Waals surface area contributed by atoms with Crippen LogP contribution in [0.1, 0.15) is 0 Å². The van der Waals surface area contributed by atoms with Gasteiger partial charge in [0.2, 0.25) is 0 Å². The van der Waals surface area contributed by atoms with Crippen molar-refractivity contribution < 1.29 is 13.2 Å². The van der Waals surface area contributed by atoms with Crippen molar-refractivity contribution in [3.63, 3.8) is 0 Å². The van der Waals surface area contributed by atoms with Gasteiger partial charge in [-0.15, -0.1) is 0 Å². The fraction of sp³-hybridized carbons (Fsp3) is 0.143. The van der Waals surface area contributed by atoms with Gasteiger partial charge in [0.05, 0.1) is 0 Å². The lowest BCUT2D eigenvalue weighted by Gasteiger charge is -2.18. The maximum Gasteiger partial charge on any atom is 0.166 e. The lowest BCUT2D eigenvalue weighted by molar-refractivity contribution is 0.510. The average molecular weight is 251 g/mol. The van der Waals surface area contributed by atoms with E-state index in [9.17, 15) is 13.2 Å². The molecule has 4 heteroatoms. The first-order chi connectivity index (χ1) is 8.52. The Morgan fingerprint density at radius 3 is 2.11 bits per heavy atom. The molecule has 0 aliphatic rings. The summed E-state index contributed by atoms with van der Waals surface area (Å²) < 4.78 is 40.9. The highest BCUT2D eigenvalue weighted by molar-refractivity contribution is 5.79. The summed E-state index contributed by atoms with van der Waals surface area (Å²) >= 11 is 0. The molecule has 2 aromatic rings.